The first-order chi connectivity index (χ1) is 12.8. The van der Waals surface area contributed by atoms with Crippen molar-refractivity contribution in [2.24, 2.45) is 0 Å². The van der Waals surface area contributed by atoms with E-state index in [1.807, 2.05) is 0 Å². The lowest BCUT2D eigenvalue weighted by Gasteiger charge is -2.24. The molecule has 27 heavy (non-hydrogen) atoms. The fourth-order valence-corrected chi connectivity index (χ4v) is 2.96. The Kier molecular flexibility index (Phi) is 6.89. The quantitative estimate of drug-likeness (QED) is 0.566. The first-order valence-corrected chi connectivity index (χ1v) is 8.50. The molecule has 1 amide bonds. The third-order valence-electron chi connectivity index (χ3n) is 4.05. The van der Waals surface area contributed by atoms with E-state index in [4.69, 9.17) is 23.3 Å². The van der Waals surface area contributed by atoms with Crippen molar-refractivity contribution in [3.05, 3.63) is 22.8 Å². The van der Waals surface area contributed by atoms with Gasteiger partial charge in [0.2, 0.25) is 5.91 Å². The topological polar surface area (TPSA) is 81.0 Å². The lowest BCUT2D eigenvalue weighted by Crippen LogP contribution is -2.45. The number of pyridine rings is 1. The van der Waals surface area contributed by atoms with E-state index in [-0.39, 0.29) is 35.9 Å². The molecule has 1 saturated heterocycles. The number of halogens is 4. The van der Waals surface area contributed by atoms with Gasteiger partial charge in [-0.1, -0.05) is 17.5 Å². The van der Waals surface area contributed by atoms with Crippen LogP contribution in [0.5, 0.6) is 0 Å². The van der Waals surface area contributed by atoms with Gasteiger partial charge in [0.05, 0.1) is 29.2 Å². The van der Waals surface area contributed by atoms with Crippen molar-refractivity contribution in [3.8, 4) is 18.4 Å². The van der Waals surface area contributed by atoms with Crippen LogP contribution in [0.25, 0.3) is 0 Å². The predicted molar refractivity (Wildman–Crippen MR) is 93.7 cm³/mol. The summed E-state index contributed by atoms with van der Waals surface area (Å²) in [6.45, 7) is 0.606. The molecule has 6 nitrogen and oxygen atoms in total. The predicted octanol–water partition coefficient (Wildman–Crippen LogP) is 2.27. The van der Waals surface area contributed by atoms with Gasteiger partial charge in [-0.25, -0.2) is 4.98 Å². The second kappa shape index (κ2) is 8.94. The van der Waals surface area contributed by atoms with Crippen molar-refractivity contribution in [3.63, 3.8) is 0 Å². The molecule has 0 aromatic carbocycles. The third kappa shape index (κ3) is 5.25. The maximum Gasteiger partial charge on any atom is 0.417 e. The number of anilines is 1. The van der Waals surface area contributed by atoms with Crippen LogP contribution >= 0.6 is 11.6 Å². The number of likely N-dealkylation sites (tertiary alicyclic amines) is 1. The number of nitriles is 1. The highest BCUT2D eigenvalue weighted by Crippen LogP contribution is 2.32. The van der Waals surface area contributed by atoms with Crippen LogP contribution < -0.4 is 10.6 Å². The molecule has 10 heteroatoms. The fraction of sp³-hybridized carbons (Fsp3) is 0.471. The number of carbonyl (C=O) groups is 1. The molecular weight excluding hydrogens is 383 g/mol. The van der Waals surface area contributed by atoms with Crippen LogP contribution in [0.4, 0.5) is 19.0 Å². The molecule has 0 radical (unpaired) electrons. The number of nitrogens with zero attached hydrogens (tertiary/aromatic N) is 3. The molecule has 2 heterocycles. The van der Waals surface area contributed by atoms with Gasteiger partial charge in [-0.2, -0.15) is 18.4 Å². The minimum atomic E-state index is -4.51. The molecule has 1 aromatic rings. The lowest BCUT2D eigenvalue weighted by atomic mass is 10.2. The van der Waals surface area contributed by atoms with Gasteiger partial charge in [0.25, 0.3) is 0 Å². The number of rotatable bonds is 6. The summed E-state index contributed by atoms with van der Waals surface area (Å²) in [6, 6.07) is 1.97. The van der Waals surface area contributed by atoms with E-state index >= 15 is 0 Å². The molecule has 1 fully saturated rings. The van der Waals surface area contributed by atoms with Gasteiger partial charge < -0.3 is 15.5 Å². The number of hydrogen-bond acceptors (Lipinski definition) is 5. The number of aromatic nitrogens is 1. The number of terminal acetylenes is 1. The van der Waals surface area contributed by atoms with Crippen molar-refractivity contribution in [1.29, 1.82) is 5.26 Å². The van der Waals surface area contributed by atoms with Gasteiger partial charge in [-0.3, -0.25) is 4.79 Å². The molecule has 0 unspecified atom stereocenters. The summed E-state index contributed by atoms with van der Waals surface area (Å²) in [5, 5.41) is 14.6. The summed E-state index contributed by atoms with van der Waals surface area (Å²) in [7, 11) is 0. The summed E-state index contributed by atoms with van der Waals surface area (Å²) in [6.07, 6.45) is 2.73. The average Bonchev–Trinajstić information content (AvgIpc) is 3.04. The number of carbonyl (C=O) groups excluding carboxylic acids is 1. The van der Waals surface area contributed by atoms with Gasteiger partial charge in [-0.15, -0.1) is 6.42 Å². The van der Waals surface area contributed by atoms with Crippen molar-refractivity contribution in [1.82, 2.24) is 15.2 Å². The second-order valence-corrected chi connectivity index (χ2v) is 6.27. The van der Waals surface area contributed by atoms with Crippen molar-refractivity contribution in [2.45, 2.75) is 31.1 Å². The smallest absolute Gasteiger partial charge is 0.368 e. The highest BCUT2D eigenvalue weighted by Gasteiger charge is 2.35. The number of amides is 1. The minimum absolute atomic E-state index is 0.00773. The van der Waals surface area contributed by atoms with Crippen LogP contribution in [0.3, 0.4) is 0 Å². The first-order valence-electron chi connectivity index (χ1n) is 8.12. The zero-order chi connectivity index (χ0) is 20.0. The summed E-state index contributed by atoms with van der Waals surface area (Å²) >= 11 is 5.79. The van der Waals surface area contributed by atoms with Gasteiger partial charge >= 0.3 is 6.18 Å². The second-order valence-electron chi connectivity index (χ2n) is 5.86. The molecule has 2 atom stereocenters. The molecule has 2 rings (SSSR count). The SMILES string of the molecule is C#C[C@H]1CC[C@@H](C#N)N1C(=O)CNCCNc1ncc(C(F)(F)F)cc1Cl. The molecule has 1 aromatic heterocycles. The molecular formula is C17H17ClF3N5O. The molecule has 0 bridgehead atoms. The maximum absolute atomic E-state index is 12.6. The maximum atomic E-state index is 12.6. The zero-order valence-corrected chi connectivity index (χ0v) is 14.9. The Morgan fingerprint density at radius 2 is 2.11 bits per heavy atom. The van der Waals surface area contributed by atoms with Crippen LogP contribution in [0, 0.1) is 23.7 Å². The van der Waals surface area contributed by atoms with Crippen LogP contribution in [-0.2, 0) is 11.0 Å². The van der Waals surface area contributed by atoms with E-state index in [1.54, 1.807) is 0 Å². The summed E-state index contributed by atoms with van der Waals surface area (Å²) in [4.78, 5) is 17.3. The Labute approximate surface area is 159 Å². The lowest BCUT2D eigenvalue weighted by molar-refractivity contribution is -0.137. The summed E-state index contributed by atoms with van der Waals surface area (Å²) < 4.78 is 37.7. The monoisotopic (exact) mass is 399 g/mol. The Morgan fingerprint density at radius 1 is 1.41 bits per heavy atom. The van der Waals surface area contributed by atoms with Crippen LogP contribution in [0.1, 0.15) is 18.4 Å². The summed E-state index contributed by atoms with van der Waals surface area (Å²) in [5.74, 6) is 2.36. The van der Waals surface area contributed by atoms with Gasteiger partial charge in [0, 0.05) is 19.3 Å². The van der Waals surface area contributed by atoms with Gasteiger partial charge in [-0.05, 0) is 18.9 Å². The number of hydrogen-bond donors (Lipinski definition) is 2. The largest absolute Gasteiger partial charge is 0.417 e. The van der Waals surface area contributed by atoms with Gasteiger partial charge in [0.15, 0.2) is 0 Å². The van der Waals surface area contributed by atoms with Crippen molar-refractivity contribution >= 4 is 23.3 Å². The van der Waals surface area contributed by atoms with Crippen molar-refractivity contribution in [2.75, 3.05) is 25.0 Å². The first kappa shape index (κ1) is 20.8. The Bertz CT molecular complexity index is 749. The highest BCUT2D eigenvalue weighted by atomic mass is 35.5. The molecule has 0 spiro atoms. The molecule has 2 N–H and O–H groups in total. The van der Waals surface area contributed by atoms with E-state index in [1.165, 1.54) is 4.90 Å². The molecule has 1 aliphatic rings. The molecule has 0 aliphatic carbocycles. The summed E-state index contributed by atoms with van der Waals surface area (Å²) in [5.41, 5.74) is -0.928. The number of nitrogens with one attached hydrogen (secondary N) is 2. The molecule has 0 saturated carbocycles. The average molecular weight is 400 g/mol. The van der Waals surface area contributed by atoms with Gasteiger partial charge in [0.1, 0.15) is 11.9 Å². The Hall–Kier alpha value is -2.49. The van der Waals surface area contributed by atoms with E-state index in [0.29, 0.717) is 25.6 Å². The minimum Gasteiger partial charge on any atom is -0.368 e. The van der Waals surface area contributed by atoms with Crippen LogP contribution in [-0.4, -0.2) is 47.5 Å². The molecule has 1 aliphatic heterocycles. The van der Waals surface area contributed by atoms with Crippen molar-refractivity contribution < 1.29 is 18.0 Å². The van der Waals surface area contributed by atoms with Crippen LogP contribution in [0.2, 0.25) is 5.02 Å². The van der Waals surface area contributed by atoms with E-state index in [0.717, 1.165) is 6.07 Å². The Morgan fingerprint density at radius 3 is 2.70 bits per heavy atom. The standard InChI is InChI=1S/C17H17ClF3N5O/c1-2-12-3-4-13(8-22)26(12)15(27)10-23-5-6-24-16-14(18)7-11(9-25-16)17(19,20)21/h1,7,9,12-13,23H,3-6,10H2,(H,24,25)/t12-,13-/m0/s1. The normalized spacial score (nSPS) is 19.4. The Balaban J connectivity index is 1.78. The van der Waals surface area contributed by atoms with E-state index < -0.39 is 17.8 Å². The van der Waals surface area contributed by atoms with Crippen LogP contribution in [0.15, 0.2) is 12.3 Å². The van der Waals surface area contributed by atoms with E-state index in [9.17, 15) is 18.0 Å². The molecule has 144 valence electrons. The fourth-order valence-electron chi connectivity index (χ4n) is 2.73. The highest BCUT2D eigenvalue weighted by molar-refractivity contribution is 6.32. The number of alkyl halides is 3. The van der Waals surface area contributed by atoms with E-state index in [2.05, 4.69) is 27.6 Å². The third-order valence-corrected chi connectivity index (χ3v) is 4.34. The zero-order valence-electron chi connectivity index (χ0n) is 14.2.